The highest BCUT2D eigenvalue weighted by molar-refractivity contribution is 5.42. The van der Waals surface area contributed by atoms with Gasteiger partial charge in [-0.05, 0) is 46.9 Å². The molecule has 0 aliphatic heterocycles. The third-order valence-corrected chi connectivity index (χ3v) is 5.67. The number of hydrogen-bond acceptors (Lipinski definition) is 0. The van der Waals surface area contributed by atoms with Gasteiger partial charge in [-0.2, -0.15) is 0 Å². The van der Waals surface area contributed by atoms with Gasteiger partial charge in [0.2, 0.25) is 0 Å². The van der Waals surface area contributed by atoms with Crippen molar-refractivity contribution in [3.63, 3.8) is 0 Å². The molecule has 2 unspecified atom stereocenters. The summed E-state index contributed by atoms with van der Waals surface area (Å²) in [6.07, 6.45) is 2.67. The fourth-order valence-electron chi connectivity index (χ4n) is 3.87. The summed E-state index contributed by atoms with van der Waals surface area (Å²) in [6.45, 7) is 17.1. The fourth-order valence-corrected chi connectivity index (χ4v) is 3.87. The van der Waals surface area contributed by atoms with Crippen molar-refractivity contribution in [3.8, 4) is 0 Å². The van der Waals surface area contributed by atoms with Crippen molar-refractivity contribution in [1.82, 2.24) is 0 Å². The minimum absolute atomic E-state index is 0.478. The summed E-state index contributed by atoms with van der Waals surface area (Å²) in [5.41, 5.74) is 6.02. The van der Waals surface area contributed by atoms with Crippen LogP contribution in [0.4, 0.5) is 0 Å². The fraction of sp³-hybridized carbons (Fsp3) is 0.333. The van der Waals surface area contributed by atoms with Crippen LogP contribution in [-0.2, 0) is 0 Å². The highest BCUT2D eigenvalue weighted by Crippen LogP contribution is 2.40. The summed E-state index contributed by atoms with van der Waals surface area (Å²) in [6, 6.07) is 30.0. The van der Waals surface area contributed by atoms with Gasteiger partial charge in [0, 0.05) is 5.92 Å². The Morgan fingerprint density at radius 2 is 1.07 bits per heavy atom. The summed E-state index contributed by atoms with van der Waals surface area (Å²) in [5.74, 6) is 1.91. The maximum atomic E-state index is 3.00. The molecule has 3 atom stereocenters. The van der Waals surface area contributed by atoms with Gasteiger partial charge in [-0.15, -0.1) is 13.2 Å². The van der Waals surface area contributed by atoms with Crippen molar-refractivity contribution in [2.24, 2.45) is 0 Å². The lowest BCUT2D eigenvalue weighted by molar-refractivity contribution is 0.526. The van der Waals surface area contributed by atoms with Crippen LogP contribution < -0.4 is 0 Å². The van der Waals surface area contributed by atoms with Crippen LogP contribution in [-0.4, -0.2) is 0 Å². The molecule has 0 nitrogen and oxygen atoms in total. The van der Waals surface area contributed by atoms with Crippen LogP contribution in [0.25, 0.3) is 0 Å². The average molecular weight is 401 g/mol. The van der Waals surface area contributed by atoms with Gasteiger partial charge in [-0.1, -0.05) is 120 Å². The lowest BCUT2D eigenvalue weighted by Crippen LogP contribution is -2.11. The van der Waals surface area contributed by atoms with Gasteiger partial charge >= 0.3 is 0 Å². The molecule has 0 amide bonds. The second-order valence-corrected chi connectivity index (χ2v) is 7.55. The predicted molar refractivity (Wildman–Crippen MR) is 136 cm³/mol. The molecule has 0 bridgehead atoms. The Bertz CT molecular complexity index is 777. The van der Waals surface area contributed by atoms with Crippen LogP contribution in [0.5, 0.6) is 0 Å². The quantitative estimate of drug-likeness (QED) is 0.376. The molecule has 3 aromatic rings. The normalized spacial score (nSPS) is 17.4. The summed E-state index contributed by atoms with van der Waals surface area (Å²) >= 11 is 0. The van der Waals surface area contributed by atoms with Crippen molar-refractivity contribution in [3.05, 3.63) is 120 Å². The molecule has 0 N–H and O–H groups in total. The highest BCUT2D eigenvalue weighted by Gasteiger charge is 2.22. The van der Waals surface area contributed by atoms with E-state index in [1.165, 1.54) is 24.0 Å². The van der Waals surface area contributed by atoms with Gasteiger partial charge in [0.25, 0.3) is 0 Å². The molecule has 4 rings (SSSR count). The van der Waals surface area contributed by atoms with E-state index in [2.05, 4.69) is 82.5 Å². The van der Waals surface area contributed by atoms with E-state index in [1.807, 2.05) is 50.2 Å². The standard InChI is InChI=1S/C20H24.C6H6.C2H6.C2H4/c1-14-9-10-15(2)20-13-18(11-12-19(14)20)16(3)17-7-5-4-6-8-17;1-2-4-6-5-3-1;2*1-2/h4-8,11-16H,9-10H2,1-3H3;1-6H;1-2H3;1-2H2/t14?,15?,16-;;;/m1.../s1. The van der Waals surface area contributed by atoms with E-state index in [0.29, 0.717) is 11.8 Å². The molecule has 0 spiro atoms. The Balaban J connectivity index is 0.000000378. The number of rotatable bonds is 2. The van der Waals surface area contributed by atoms with Crippen molar-refractivity contribution >= 4 is 0 Å². The van der Waals surface area contributed by atoms with Crippen LogP contribution in [0.15, 0.2) is 98.1 Å². The van der Waals surface area contributed by atoms with E-state index < -0.39 is 0 Å². The first kappa shape index (κ1) is 25.4. The second-order valence-electron chi connectivity index (χ2n) is 7.55. The predicted octanol–water partition coefficient (Wildman–Crippen LogP) is 9.35. The zero-order chi connectivity index (χ0) is 22.4. The van der Waals surface area contributed by atoms with Crippen LogP contribution >= 0.6 is 0 Å². The Hall–Kier alpha value is -2.60. The second kappa shape index (κ2) is 14.4. The molecule has 0 radical (unpaired) electrons. The Morgan fingerprint density at radius 3 is 1.57 bits per heavy atom. The van der Waals surface area contributed by atoms with E-state index in [9.17, 15) is 0 Å². The van der Waals surface area contributed by atoms with Gasteiger partial charge < -0.3 is 0 Å². The van der Waals surface area contributed by atoms with Gasteiger partial charge in [-0.3, -0.25) is 0 Å². The van der Waals surface area contributed by atoms with E-state index in [1.54, 1.807) is 11.1 Å². The molecule has 1 aliphatic carbocycles. The van der Waals surface area contributed by atoms with Gasteiger partial charge in [0.05, 0.1) is 0 Å². The third kappa shape index (κ3) is 7.34. The summed E-state index contributed by atoms with van der Waals surface area (Å²) in [5, 5.41) is 0. The first-order valence-corrected chi connectivity index (χ1v) is 11.4. The van der Waals surface area contributed by atoms with Gasteiger partial charge in [0.15, 0.2) is 0 Å². The molecular formula is C30H40. The molecule has 1 aliphatic rings. The third-order valence-electron chi connectivity index (χ3n) is 5.67. The van der Waals surface area contributed by atoms with E-state index >= 15 is 0 Å². The zero-order valence-electron chi connectivity index (χ0n) is 19.6. The topological polar surface area (TPSA) is 0 Å². The molecule has 0 heterocycles. The molecule has 0 aromatic heterocycles. The smallest absolute Gasteiger partial charge is 0.00611 e. The molecule has 0 saturated carbocycles. The summed E-state index contributed by atoms with van der Waals surface area (Å²) < 4.78 is 0. The largest absolute Gasteiger partial charge is 0.106 e. The van der Waals surface area contributed by atoms with Crippen LogP contribution in [0.2, 0.25) is 0 Å². The van der Waals surface area contributed by atoms with E-state index in [-0.39, 0.29) is 0 Å². The first-order valence-electron chi connectivity index (χ1n) is 11.4. The number of hydrogen-bond donors (Lipinski definition) is 0. The maximum Gasteiger partial charge on any atom is 0.00611 e. The lowest BCUT2D eigenvalue weighted by atomic mass is 9.76. The average Bonchev–Trinajstić information content (AvgIpc) is 2.85. The summed E-state index contributed by atoms with van der Waals surface area (Å²) in [7, 11) is 0. The number of fused-ring (bicyclic) bond motifs is 1. The molecule has 3 aromatic carbocycles. The highest BCUT2D eigenvalue weighted by atomic mass is 14.3. The monoisotopic (exact) mass is 400 g/mol. The minimum atomic E-state index is 0.478. The van der Waals surface area contributed by atoms with Crippen molar-refractivity contribution in [2.45, 2.75) is 65.2 Å². The van der Waals surface area contributed by atoms with Crippen molar-refractivity contribution < 1.29 is 0 Å². The minimum Gasteiger partial charge on any atom is -0.106 e. The van der Waals surface area contributed by atoms with Crippen LogP contribution in [0.1, 0.15) is 87.5 Å². The van der Waals surface area contributed by atoms with Crippen molar-refractivity contribution in [2.75, 3.05) is 0 Å². The van der Waals surface area contributed by atoms with Gasteiger partial charge in [-0.25, -0.2) is 0 Å². The summed E-state index contributed by atoms with van der Waals surface area (Å²) in [4.78, 5) is 0. The molecule has 30 heavy (non-hydrogen) atoms. The van der Waals surface area contributed by atoms with Gasteiger partial charge in [0.1, 0.15) is 0 Å². The SMILES string of the molecule is C=C.CC.CC1CCC(C)c2cc([C@H](C)c3ccccc3)ccc21.c1ccccc1. The van der Waals surface area contributed by atoms with Crippen molar-refractivity contribution in [1.29, 1.82) is 0 Å². The first-order chi connectivity index (χ1) is 14.7. The maximum absolute atomic E-state index is 3.00. The molecule has 0 saturated heterocycles. The zero-order valence-corrected chi connectivity index (χ0v) is 19.6. The van der Waals surface area contributed by atoms with E-state index in [0.717, 1.165) is 5.92 Å². The van der Waals surface area contributed by atoms with Crippen LogP contribution in [0, 0.1) is 0 Å². The Labute approximate surface area is 185 Å². The molecule has 0 heteroatoms. The van der Waals surface area contributed by atoms with Crippen LogP contribution in [0.3, 0.4) is 0 Å². The molecular weight excluding hydrogens is 360 g/mol. The number of benzene rings is 3. The lowest BCUT2D eigenvalue weighted by Gasteiger charge is -2.29. The van der Waals surface area contributed by atoms with E-state index in [4.69, 9.17) is 0 Å². The Kier molecular flexibility index (Phi) is 12.2. The Morgan fingerprint density at radius 1 is 0.633 bits per heavy atom. The molecule has 160 valence electrons. The molecule has 0 fully saturated rings.